The largest absolute Gasteiger partial charge is 0.397 e. The van der Waals surface area contributed by atoms with Crippen molar-refractivity contribution < 1.29 is 9.18 Å². The first kappa shape index (κ1) is 14.3. The minimum Gasteiger partial charge on any atom is -0.397 e. The second-order valence-electron chi connectivity index (χ2n) is 6.56. The lowest BCUT2D eigenvalue weighted by molar-refractivity contribution is 0.0941. The molecule has 1 aliphatic carbocycles. The number of fused-ring (bicyclic) bond motifs is 1. The maximum absolute atomic E-state index is 13.3. The third-order valence-corrected chi connectivity index (χ3v) is 5.38. The van der Waals surface area contributed by atoms with Gasteiger partial charge in [-0.15, -0.1) is 11.3 Å². The second-order valence-corrected chi connectivity index (χ2v) is 7.61. The fourth-order valence-corrected chi connectivity index (χ4v) is 4.07. The zero-order valence-corrected chi connectivity index (χ0v) is 13.0. The predicted molar refractivity (Wildman–Crippen MR) is 85.1 cm³/mol. The highest BCUT2D eigenvalue weighted by atomic mass is 32.1. The lowest BCUT2D eigenvalue weighted by Crippen LogP contribution is -2.33. The summed E-state index contributed by atoms with van der Waals surface area (Å²) in [6.45, 7) is 4.44. The van der Waals surface area contributed by atoms with Crippen LogP contribution in [-0.2, 0) is 0 Å². The monoisotopic (exact) mass is 306 g/mol. The molecule has 112 valence electrons. The van der Waals surface area contributed by atoms with Gasteiger partial charge in [0, 0.05) is 16.1 Å². The van der Waals surface area contributed by atoms with Gasteiger partial charge in [-0.2, -0.15) is 0 Å². The molecule has 5 heteroatoms. The van der Waals surface area contributed by atoms with Gasteiger partial charge in [-0.1, -0.05) is 13.8 Å². The Morgan fingerprint density at radius 2 is 2.24 bits per heavy atom. The lowest BCUT2D eigenvalue weighted by Gasteiger charge is -2.17. The standard InChI is InChI=1S/C16H19FN2OS/c1-16(2)6-5-10(8-16)19-15(20)14-13(18)11-7-9(17)3-4-12(11)21-14/h3-4,7,10H,5-6,8,18H2,1-2H3,(H,19,20). The minimum absolute atomic E-state index is 0.142. The van der Waals surface area contributed by atoms with E-state index >= 15 is 0 Å². The molecule has 0 radical (unpaired) electrons. The molecule has 0 spiro atoms. The van der Waals surface area contributed by atoms with Gasteiger partial charge in [-0.25, -0.2) is 4.39 Å². The van der Waals surface area contributed by atoms with Crippen molar-refractivity contribution in [2.45, 2.75) is 39.2 Å². The average Bonchev–Trinajstić information content (AvgIpc) is 2.90. The number of anilines is 1. The highest BCUT2D eigenvalue weighted by molar-refractivity contribution is 7.21. The Bertz CT molecular complexity index is 708. The fourth-order valence-electron chi connectivity index (χ4n) is 3.07. The summed E-state index contributed by atoms with van der Waals surface area (Å²) in [5, 5.41) is 3.69. The van der Waals surface area contributed by atoms with Crippen LogP contribution in [0.3, 0.4) is 0 Å². The number of benzene rings is 1. The quantitative estimate of drug-likeness (QED) is 0.883. The number of carbonyl (C=O) groups is 1. The van der Waals surface area contributed by atoms with Crippen LogP contribution in [0, 0.1) is 11.2 Å². The first-order chi connectivity index (χ1) is 9.85. The Hall–Kier alpha value is -1.62. The number of nitrogens with two attached hydrogens (primary N) is 1. The predicted octanol–water partition coefficient (Wildman–Crippen LogP) is 3.93. The van der Waals surface area contributed by atoms with Crippen molar-refractivity contribution in [3.05, 3.63) is 28.9 Å². The molecule has 1 unspecified atom stereocenters. The summed E-state index contributed by atoms with van der Waals surface area (Å²) in [5.74, 6) is -0.478. The summed E-state index contributed by atoms with van der Waals surface area (Å²) in [6.07, 6.45) is 3.10. The molecule has 0 saturated heterocycles. The van der Waals surface area contributed by atoms with Crippen molar-refractivity contribution in [3.8, 4) is 0 Å². The Morgan fingerprint density at radius 1 is 1.48 bits per heavy atom. The molecule has 3 rings (SSSR count). The number of halogens is 1. The number of thiophene rings is 1. The maximum atomic E-state index is 13.3. The first-order valence-electron chi connectivity index (χ1n) is 7.14. The van der Waals surface area contributed by atoms with E-state index in [2.05, 4.69) is 19.2 Å². The number of amides is 1. The van der Waals surface area contributed by atoms with Crippen LogP contribution in [0.5, 0.6) is 0 Å². The topological polar surface area (TPSA) is 55.1 Å². The van der Waals surface area contributed by atoms with Crippen molar-refractivity contribution in [3.63, 3.8) is 0 Å². The molecule has 1 fully saturated rings. The normalized spacial score (nSPS) is 20.8. The summed E-state index contributed by atoms with van der Waals surface area (Å²) >= 11 is 1.32. The smallest absolute Gasteiger partial charge is 0.263 e. The van der Waals surface area contributed by atoms with E-state index in [0.29, 0.717) is 16.0 Å². The van der Waals surface area contributed by atoms with Gasteiger partial charge >= 0.3 is 0 Å². The van der Waals surface area contributed by atoms with Gasteiger partial charge in [-0.05, 0) is 42.9 Å². The Balaban J connectivity index is 1.83. The molecular weight excluding hydrogens is 287 g/mol. The number of hydrogen-bond acceptors (Lipinski definition) is 3. The molecule has 0 bridgehead atoms. The molecule has 1 aromatic carbocycles. The minimum atomic E-state index is -0.337. The maximum Gasteiger partial charge on any atom is 0.263 e. The van der Waals surface area contributed by atoms with Crippen LogP contribution in [0.15, 0.2) is 18.2 Å². The molecule has 0 aliphatic heterocycles. The van der Waals surface area contributed by atoms with Crippen LogP contribution < -0.4 is 11.1 Å². The highest BCUT2D eigenvalue weighted by Crippen LogP contribution is 2.38. The van der Waals surface area contributed by atoms with Crippen LogP contribution in [0.25, 0.3) is 10.1 Å². The summed E-state index contributed by atoms with van der Waals surface area (Å²) in [6, 6.07) is 4.64. The molecule has 1 atom stereocenters. The van der Waals surface area contributed by atoms with Gasteiger partial charge in [0.05, 0.1) is 5.69 Å². The van der Waals surface area contributed by atoms with Crippen molar-refractivity contribution >= 4 is 33.0 Å². The second kappa shape index (κ2) is 4.98. The molecule has 1 aliphatic rings. The summed E-state index contributed by atoms with van der Waals surface area (Å²) in [4.78, 5) is 12.9. The van der Waals surface area contributed by atoms with E-state index < -0.39 is 0 Å². The van der Waals surface area contributed by atoms with Gasteiger partial charge in [0.15, 0.2) is 0 Å². The van der Waals surface area contributed by atoms with Crippen LogP contribution in [0.4, 0.5) is 10.1 Å². The van der Waals surface area contributed by atoms with E-state index in [1.54, 1.807) is 6.07 Å². The molecule has 3 nitrogen and oxygen atoms in total. The molecule has 1 saturated carbocycles. The summed E-state index contributed by atoms with van der Waals surface area (Å²) in [5.41, 5.74) is 6.68. The highest BCUT2D eigenvalue weighted by Gasteiger charge is 2.32. The molecule has 1 amide bonds. The van der Waals surface area contributed by atoms with Gasteiger partial charge in [-0.3, -0.25) is 4.79 Å². The van der Waals surface area contributed by atoms with Crippen molar-refractivity contribution in [2.75, 3.05) is 5.73 Å². The lowest BCUT2D eigenvalue weighted by atomic mass is 9.92. The van der Waals surface area contributed by atoms with Crippen molar-refractivity contribution in [1.82, 2.24) is 5.32 Å². The average molecular weight is 306 g/mol. The van der Waals surface area contributed by atoms with Gasteiger partial charge in [0.25, 0.3) is 5.91 Å². The van der Waals surface area contributed by atoms with E-state index in [1.807, 2.05) is 0 Å². The van der Waals surface area contributed by atoms with Gasteiger partial charge in [0.1, 0.15) is 10.7 Å². The molecular formula is C16H19FN2OS. The van der Waals surface area contributed by atoms with Crippen LogP contribution in [0.2, 0.25) is 0 Å². The number of nitrogens with one attached hydrogen (secondary N) is 1. The van der Waals surface area contributed by atoms with Crippen molar-refractivity contribution in [1.29, 1.82) is 0 Å². The SMILES string of the molecule is CC1(C)CCC(NC(=O)c2sc3ccc(F)cc3c2N)C1. The van der Waals surface area contributed by atoms with Gasteiger partial charge in [0.2, 0.25) is 0 Å². The fraction of sp³-hybridized carbons (Fsp3) is 0.438. The summed E-state index contributed by atoms with van der Waals surface area (Å²) in [7, 11) is 0. The molecule has 21 heavy (non-hydrogen) atoms. The van der Waals surface area contributed by atoms with Crippen LogP contribution in [-0.4, -0.2) is 11.9 Å². The Kier molecular flexibility index (Phi) is 3.40. The molecule has 1 heterocycles. The first-order valence-corrected chi connectivity index (χ1v) is 7.96. The van der Waals surface area contributed by atoms with Crippen LogP contribution >= 0.6 is 11.3 Å². The molecule has 3 N–H and O–H groups in total. The number of rotatable bonds is 2. The number of nitrogen functional groups attached to an aromatic ring is 1. The van der Waals surface area contributed by atoms with E-state index in [0.717, 1.165) is 24.0 Å². The number of carbonyl (C=O) groups excluding carboxylic acids is 1. The Labute approximate surface area is 127 Å². The van der Waals surface area contributed by atoms with Crippen LogP contribution in [0.1, 0.15) is 42.8 Å². The third-order valence-electron chi connectivity index (χ3n) is 4.20. The van der Waals surface area contributed by atoms with E-state index in [9.17, 15) is 9.18 Å². The van der Waals surface area contributed by atoms with Gasteiger partial charge < -0.3 is 11.1 Å². The van der Waals surface area contributed by atoms with Crippen molar-refractivity contribution in [2.24, 2.45) is 5.41 Å². The van der Waals surface area contributed by atoms with E-state index in [-0.39, 0.29) is 23.2 Å². The summed E-state index contributed by atoms with van der Waals surface area (Å²) < 4.78 is 14.1. The zero-order chi connectivity index (χ0) is 15.2. The molecule has 1 aromatic heterocycles. The zero-order valence-electron chi connectivity index (χ0n) is 12.2. The van der Waals surface area contributed by atoms with E-state index in [1.165, 1.54) is 23.5 Å². The third kappa shape index (κ3) is 2.75. The van der Waals surface area contributed by atoms with E-state index in [4.69, 9.17) is 5.73 Å². The molecule has 2 aromatic rings. The number of hydrogen-bond donors (Lipinski definition) is 2. The Morgan fingerprint density at radius 3 is 2.90 bits per heavy atom.